The second-order valence-electron chi connectivity index (χ2n) is 24.7. The van der Waals surface area contributed by atoms with Gasteiger partial charge in [0.05, 0.1) is 13.2 Å². The Balaban J connectivity index is 1.13. The molecule has 0 unspecified atom stereocenters. The van der Waals surface area contributed by atoms with Crippen LogP contribution in [0.5, 0.6) is 11.5 Å². The van der Waals surface area contributed by atoms with Crippen molar-refractivity contribution >= 4 is 87.6 Å². The second-order valence-corrected chi connectivity index (χ2v) is 26.9. The molecule has 516 valence electrons. The highest BCUT2D eigenvalue weighted by Gasteiger charge is 2.48. The molecular formula is C70H90FN11O12S2. The minimum absolute atomic E-state index is 0.0441. The van der Waals surface area contributed by atoms with Crippen molar-refractivity contribution in [2.24, 2.45) is 5.73 Å². The lowest BCUT2D eigenvalue weighted by molar-refractivity contribution is -0.147. The third kappa shape index (κ3) is 21.0. The number of rotatable bonds is 10. The zero-order chi connectivity index (χ0) is 68.7. The number of nitrogens with one attached hydrogen (secondary N) is 9. The van der Waals surface area contributed by atoms with E-state index in [1.54, 1.807) is 91.3 Å². The predicted molar refractivity (Wildman–Crippen MR) is 367 cm³/mol. The highest BCUT2D eigenvalue weighted by atomic mass is 32.2. The van der Waals surface area contributed by atoms with Gasteiger partial charge >= 0.3 is 0 Å². The van der Waals surface area contributed by atoms with E-state index < -0.39 is 101 Å². The standard InChI is InChI=1S/C70H90FN11O12S2/c1-43-62(85)78-57-37-46-14-12-17-52(35-46)94-31-10-6-5-7-18-56(77-66(89)58(79-65(57)88)38-49-40-74-54-25-22-50(71)39-53(49)54)64(87)81-61(44(2)83)67(90)80-59(36-45-20-23-51(93-4)24-21-45)68(91)82-30-13-27-70(82,3)69(92)73-29-33-96-42-48-16-11-15-47(34-48)41-95-32-26-60(84)76-55(63(86)75-43)19-8-9-28-72/h6,10-12,14-17,20-25,34-35,39-40,43-44,55-59,61,74,83H,5,7-9,13,18-19,26-33,36-38,41-42,72H2,1-4H3,(H,73,92)(H,75,86)(H,76,84)(H,77,89)(H,78,85)(H,79,88)(H,80,90)(H,81,87)/b10-6-/t43-,44-,55+,56+,57+,58+,59+,61+,70+/m1/s1. The zero-order valence-electron chi connectivity index (χ0n) is 54.8. The molecule has 9 atom stereocenters. The van der Waals surface area contributed by atoms with E-state index in [-0.39, 0.29) is 69.9 Å². The first-order valence-electron chi connectivity index (χ1n) is 32.8. The molecule has 96 heavy (non-hydrogen) atoms. The molecule has 0 aliphatic carbocycles. The Kier molecular flexibility index (Phi) is 27.5. The van der Waals surface area contributed by atoms with E-state index in [0.29, 0.717) is 107 Å². The van der Waals surface area contributed by atoms with E-state index in [0.717, 1.165) is 11.1 Å². The summed E-state index contributed by atoms with van der Waals surface area (Å²) in [5.41, 5.74) is 8.70. The Morgan fingerprint density at radius 2 is 1.44 bits per heavy atom. The molecule has 1 saturated heterocycles. The first-order chi connectivity index (χ1) is 46.2. The maximum atomic E-state index is 15.2. The van der Waals surface area contributed by atoms with Crippen molar-refractivity contribution in [2.45, 2.75) is 163 Å². The van der Waals surface area contributed by atoms with Crippen LogP contribution >= 0.6 is 23.5 Å². The number of carbonyl (C=O) groups excluding carboxylic acids is 9. The van der Waals surface area contributed by atoms with Crippen LogP contribution in [0.15, 0.2) is 109 Å². The molecule has 1 fully saturated rings. The van der Waals surface area contributed by atoms with Gasteiger partial charge in [0.2, 0.25) is 53.2 Å². The number of amides is 9. The van der Waals surface area contributed by atoms with Crippen LogP contribution in [0.4, 0.5) is 4.39 Å². The van der Waals surface area contributed by atoms with E-state index in [2.05, 4.69) is 53.6 Å². The van der Waals surface area contributed by atoms with Crippen molar-refractivity contribution in [3.05, 3.63) is 143 Å². The van der Waals surface area contributed by atoms with Crippen LogP contribution in [0.25, 0.3) is 10.9 Å². The molecule has 0 radical (unpaired) electrons. The first kappa shape index (κ1) is 73.4. The van der Waals surface area contributed by atoms with Crippen LogP contribution in [0.2, 0.25) is 0 Å². The number of nitrogens with zero attached hydrogens (tertiary/aromatic N) is 1. The Labute approximate surface area is 567 Å². The van der Waals surface area contributed by atoms with Crippen molar-refractivity contribution in [1.82, 2.24) is 52.4 Å². The van der Waals surface area contributed by atoms with Crippen LogP contribution in [-0.2, 0) is 73.9 Å². The number of H-pyrrole nitrogens is 1. The molecule has 23 nitrogen and oxygen atoms in total. The third-order valence-electron chi connectivity index (χ3n) is 17.3. The molecule has 4 aromatic carbocycles. The number of aromatic amines is 1. The van der Waals surface area contributed by atoms with E-state index in [9.17, 15) is 38.3 Å². The van der Waals surface area contributed by atoms with Crippen molar-refractivity contribution in [3.8, 4) is 11.5 Å². The number of fused-ring (bicyclic) bond motifs is 12. The molecule has 1 aromatic heterocycles. The van der Waals surface area contributed by atoms with Gasteiger partial charge in [0.15, 0.2) is 0 Å². The van der Waals surface area contributed by atoms with Gasteiger partial charge in [-0.2, -0.15) is 23.5 Å². The maximum absolute atomic E-state index is 15.2. The largest absolute Gasteiger partial charge is 0.497 e. The van der Waals surface area contributed by atoms with E-state index in [1.165, 1.54) is 44.1 Å². The normalized spacial score (nSPS) is 24.9. The molecule has 3 aliphatic heterocycles. The van der Waals surface area contributed by atoms with Gasteiger partial charge in [-0.05, 0) is 149 Å². The summed E-state index contributed by atoms with van der Waals surface area (Å²) < 4.78 is 26.4. The van der Waals surface area contributed by atoms with E-state index in [1.807, 2.05) is 24.3 Å². The lowest BCUT2D eigenvalue weighted by Gasteiger charge is -2.37. The maximum Gasteiger partial charge on any atom is 0.246 e. The Morgan fingerprint density at radius 3 is 2.19 bits per heavy atom. The highest BCUT2D eigenvalue weighted by molar-refractivity contribution is 7.98. The average molecular weight is 1360 g/mol. The molecule has 6 bridgehead atoms. The summed E-state index contributed by atoms with van der Waals surface area (Å²) in [6, 6.07) is 16.1. The van der Waals surface area contributed by atoms with Crippen LogP contribution in [0, 0.1) is 5.82 Å². The molecule has 0 saturated carbocycles. The molecule has 8 rings (SSSR count). The number of hydrogen-bond donors (Lipinski definition) is 11. The minimum atomic E-state index is -1.72. The molecule has 4 heterocycles. The van der Waals surface area contributed by atoms with Gasteiger partial charge in [0.1, 0.15) is 71.8 Å². The first-order valence-corrected chi connectivity index (χ1v) is 35.1. The van der Waals surface area contributed by atoms with Crippen LogP contribution < -0.4 is 57.7 Å². The lowest BCUT2D eigenvalue weighted by atomic mass is 9.95. The monoisotopic (exact) mass is 1360 g/mol. The summed E-state index contributed by atoms with van der Waals surface area (Å²) in [7, 11) is 1.51. The van der Waals surface area contributed by atoms with E-state index in [4.69, 9.17) is 15.2 Å². The average Bonchev–Trinajstić information content (AvgIpc) is 1.56. The van der Waals surface area contributed by atoms with Gasteiger partial charge in [0, 0.05) is 78.9 Å². The van der Waals surface area contributed by atoms with Gasteiger partial charge in [-0.25, -0.2) is 4.39 Å². The number of aliphatic hydroxyl groups excluding tert-OH is 1. The van der Waals surface area contributed by atoms with Gasteiger partial charge in [-0.3, -0.25) is 43.2 Å². The van der Waals surface area contributed by atoms with Crippen LogP contribution in [-0.4, -0.2) is 167 Å². The third-order valence-corrected chi connectivity index (χ3v) is 19.4. The molecule has 12 N–H and O–H groups in total. The van der Waals surface area contributed by atoms with Crippen molar-refractivity contribution < 1.29 is 62.1 Å². The fraction of sp³-hybridized carbons (Fsp3) is 0.471. The van der Waals surface area contributed by atoms with Crippen molar-refractivity contribution in [2.75, 3.05) is 44.9 Å². The number of allylic oxidation sites excluding steroid dienone is 1. The zero-order valence-corrected chi connectivity index (χ0v) is 56.4. The number of aromatic nitrogens is 1. The SMILES string of the molecule is COc1ccc(C[C@@H]2NC(=O)[C@H]([C@@H](C)O)NC(=O)[C@@H]3CCC/C=C\COc4cccc(c4)C[C@H](NC(=O)[C@@H](C)NC(=O)[C@H](CCCCN)NC(=O)CCSCc4cccc(c4)CSCCNC(=O)[C@]4(C)CCCN4C2=O)C(=O)N[C@@H](Cc2c[nH]c4ccc(F)cc24)C(=O)N3)cc1. The molecule has 9 amide bonds. The Bertz CT molecular complexity index is 3560. The Morgan fingerprint density at radius 1 is 0.729 bits per heavy atom. The number of ether oxygens (including phenoxy) is 2. The van der Waals surface area contributed by atoms with Gasteiger partial charge < -0.3 is 72.7 Å². The summed E-state index contributed by atoms with van der Waals surface area (Å²) >= 11 is 3.18. The topological polar surface area (TPSA) is 334 Å². The summed E-state index contributed by atoms with van der Waals surface area (Å²) in [6.45, 7) is 5.39. The number of carbonyl (C=O) groups is 9. The molecule has 3 aliphatic rings. The lowest BCUT2D eigenvalue weighted by Crippen LogP contribution is -2.63. The quantitative estimate of drug-likeness (QED) is 0.0680. The molecular weight excluding hydrogens is 1270 g/mol. The number of benzene rings is 4. The molecule has 0 spiro atoms. The number of aliphatic hydroxyl groups is 1. The molecule has 5 aromatic rings. The van der Waals surface area contributed by atoms with Crippen molar-refractivity contribution in [3.63, 3.8) is 0 Å². The number of methoxy groups -OCH3 is 1. The van der Waals surface area contributed by atoms with Gasteiger partial charge in [-0.15, -0.1) is 0 Å². The summed E-state index contributed by atoms with van der Waals surface area (Å²) in [4.78, 5) is 136. The predicted octanol–water partition coefficient (Wildman–Crippen LogP) is 4.45. The minimum Gasteiger partial charge on any atom is -0.497 e. The summed E-state index contributed by atoms with van der Waals surface area (Å²) in [5.74, 6) is -3.65. The number of halogens is 1. The van der Waals surface area contributed by atoms with Crippen molar-refractivity contribution in [1.29, 1.82) is 0 Å². The highest BCUT2D eigenvalue weighted by Crippen LogP contribution is 2.31. The fourth-order valence-electron chi connectivity index (χ4n) is 11.9. The number of unbranched alkanes of at least 4 members (excludes halogenated alkanes) is 1. The smallest absolute Gasteiger partial charge is 0.246 e. The Hall–Kier alpha value is -8.46. The van der Waals surface area contributed by atoms with E-state index >= 15 is 14.4 Å². The number of hydrogen-bond acceptors (Lipinski definition) is 15. The molecule has 26 heteroatoms. The number of nitrogens with two attached hydrogens (primary N) is 1. The number of thioether (sulfide) groups is 2. The summed E-state index contributed by atoms with van der Waals surface area (Å²) in [6.07, 6.45) is 5.94. The second kappa shape index (κ2) is 36.0. The summed E-state index contributed by atoms with van der Waals surface area (Å²) in [5, 5.41) is 34.2. The van der Waals surface area contributed by atoms with Crippen LogP contribution in [0.1, 0.15) is 106 Å². The van der Waals surface area contributed by atoms with Gasteiger partial charge in [-0.1, -0.05) is 60.7 Å². The van der Waals surface area contributed by atoms with Crippen LogP contribution in [0.3, 0.4) is 0 Å². The van der Waals surface area contributed by atoms with Gasteiger partial charge in [0.25, 0.3) is 0 Å². The fourth-order valence-corrected chi connectivity index (χ4v) is 13.6.